The van der Waals surface area contributed by atoms with Crippen molar-refractivity contribution >= 4 is 21.9 Å². The molecule has 27 heavy (non-hydrogen) atoms. The first-order valence-electron chi connectivity index (χ1n) is 8.06. The largest absolute Gasteiger partial charge is 0.478 e. The van der Waals surface area contributed by atoms with Gasteiger partial charge in [0, 0.05) is 11.5 Å². The Morgan fingerprint density at radius 2 is 1.93 bits per heavy atom. The molecule has 0 saturated carbocycles. The topological polar surface area (TPSA) is 79.4 Å². The van der Waals surface area contributed by atoms with Crippen LogP contribution in [0.25, 0.3) is 27.6 Å². The van der Waals surface area contributed by atoms with E-state index in [-0.39, 0.29) is 11.3 Å². The Bertz CT molecular complexity index is 1170. The second kappa shape index (κ2) is 6.67. The number of fused-ring (bicyclic) bond motifs is 3. The van der Waals surface area contributed by atoms with Crippen molar-refractivity contribution in [3.8, 4) is 17.3 Å². The number of nitrogens with zero attached hydrogens (tertiary/aromatic N) is 3. The molecule has 0 aliphatic carbocycles. The van der Waals surface area contributed by atoms with Gasteiger partial charge in [-0.05, 0) is 37.3 Å². The van der Waals surface area contributed by atoms with Gasteiger partial charge in [-0.1, -0.05) is 5.16 Å². The molecule has 0 saturated heterocycles. The van der Waals surface area contributed by atoms with Crippen molar-refractivity contribution in [2.75, 3.05) is 6.61 Å². The Balaban J connectivity index is 1.97. The zero-order valence-electron chi connectivity index (χ0n) is 14.1. The van der Waals surface area contributed by atoms with E-state index in [4.69, 9.17) is 9.26 Å². The van der Waals surface area contributed by atoms with Crippen LogP contribution in [0.2, 0.25) is 0 Å². The quantitative estimate of drug-likeness (QED) is 0.533. The molecule has 0 aliphatic rings. The Labute approximate surface area is 150 Å². The van der Waals surface area contributed by atoms with Crippen molar-refractivity contribution < 1.29 is 22.8 Å². The van der Waals surface area contributed by atoms with E-state index in [2.05, 4.69) is 14.9 Å². The maximum atomic E-state index is 12.9. The van der Waals surface area contributed by atoms with E-state index in [0.29, 0.717) is 34.6 Å². The molecule has 0 N–H and O–H groups in total. The highest BCUT2D eigenvalue weighted by Crippen LogP contribution is 2.26. The standard InChI is InChI=1S/C18H13F2N3O4/c1-2-25-14-8-7-12-13-9-26-22-15(13)17(24)23(16(12)21-14)10-3-5-11(6-4-10)27-18(19)20/h3-9,18H,2H2,1H3. The van der Waals surface area contributed by atoms with Crippen LogP contribution in [0.5, 0.6) is 11.6 Å². The molecule has 7 nitrogen and oxygen atoms in total. The lowest BCUT2D eigenvalue weighted by atomic mass is 10.2. The molecule has 3 heterocycles. The van der Waals surface area contributed by atoms with Gasteiger partial charge in [0.05, 0.1) is 17.7 Å². The first-order chi connectivity index (χ1) is 13.1. The van der Waals surface area contributed by atoms with E-state index in [0.717, 1.165) is 0 Å². The molecule has 0 amide bonds. The highest BCUT2D eigenvalue weighted by Gasteiger charge is 2.17. The van der Waals surface area contributed by atoms with Crippen molar-refractivity contribution in [2.45, 2.75) is 13.5 Å². The molecule has 0 atom stereocenters. The molecule has 138 valence electrons. The van der Waals surface area contributed by atoms with Gasteiger partial charge in [-0.3, -0.25) is 9.36 Å². The molecule has 1 aromatic carbocycles. The van der Waals surface area contributed by atoms with Gasteiger partial charge in [0.1, 0.15) is 12.0 Å². The predicted octanol–water partition coefficient (Wildman–Crippen LogP) is 3.53. The zero-order valence-corrected chi connectivity index (χ0v) is 14.1. The van der Waals surface area contributed by atoms with Gasteiger partial charge in [0.15, 0.2) is 11.2 Å². The maximum absolute atomic E-state index is 12.9. The molecule has 0 fully saturated rings. The fourth-order valence-electron chi connectivity index (χ4n) is 2.84. The van der Waals surface area contributed by atoms with E-state index >= 15 is 0 Å². The van der Waals surface area contributed by atoms with Crippen LogP contribution in [0.3, 0.4) is 0 Å². The smallest absolute Gasteiger partial charge is 0.387 e. The van der Waals surface area contributed by atoms with E-state index in [1.165, 1.54) is 35.1 Å². The van der Waals surface area contributed by atoms with Gasteiger partial charge in [0.2, 0.25) is 5.88 Å². The normalized spacial score (nSPS) is 11.4. The Hall–Kier alpha value is -3.49. The summed E-state index contributed by atoms with van der Waals surface area (Å²) in [4.78, 5) is 17.4. The maximum Gasteiger partial charge on any atom is 0.387 e. The van der Waals surface area contributed by atoms with E-state index in [1.54, 1.807) is 12.1 Å². The Kier molecular flexibility index (Phi) is 4.19. The van der Waals surface area contributed by atoms with Gasteiger partial charge in [0.25, 0.3) is 5.56 Å². The van der Waals surface area contributed by atoms with Crippen molar-refractivity contribution in [2.24, 2.45) is 0 Å². The number of pyridine rings is 2. The molecule has 0 aliphatic heterocycles. The van der Waals surface area contributed by atoms with Gasteiger partial charge >= 0.3 is 6.61 Å². The summed E-state index contributed by atoms with van der Waals surface area (Å²) in [5, 5.41) is 4.95. The summed E-state index contributed by atoms with van der Waals surface area (Å²) in [5.74, 6) is 0.336. The molecule has 0 unspecified atom stereocenters. The molecular formula is C18H13F2N3O4. The van der Waals surface area contributed by atoms with E-state index < -0.39 is 12.2 Å². The average molecular weight is 373 g/mol. The third-order valence-electron chi connectivity index (χ3n) is 3.94. The predicted molar refractivity (Wildman–Crippen MR) is 92.7 cm³/mol. The van der Waals surface area contributed by atoms with Crippen LogP contribution in [-0.4, -0.2) is 27.9 Å². The third kappa shape index (κ3) is 2.97. The van der Waals surface area contributed by atoms with Crippen LogP contribution < -0.4 is 15.0 Å². The minimum atomic E-state index is -2.93. The molecule has 4 aromatic rings. The van der Waals surface area contributed by atoms with Crippen molar-refractivity contribution in [1.29, 1.82) is 0 Å². The number of benzene rings is 1. The fraction of sp³-hybridized carbons (Fsp3) is 0.167. The van der Waals surface area contributed by atoms with Crippen LogP contribution in [0.4, 0.5) is 8.78 Å². The monoisotopic (exact) mass is 373 g/mol. The summed E-state index contributed by atoms with van der Waals surface area (Å²) >= 11 is 0. The number of rotatable bonds is 5. The number of alkyl halides is 2. The highest BCUT2D eigenvalue weighted by atomic mass is 19.3. The molecule has 4 rings (SSSR count). The van der Waals surface area contributed by atoms with Crippen LogP contribution in [-0.2, 0) is 0 Å². The van der Waals surface area contributed by atoms with Crippen LogP contribution in [0, 0.1) is 0 Å². The summed E-state index contributed by atoms with van der Waals surface area (Å²) in [6.45, 7) is -0.691. The Morgan fingerprint density at radius 3 is 2.63 bits per heavy atom. The molecule has 0 spiro atoms. The first-order valence-corrected chi connectivity index (χ1v) is 8.06. The van der Waals surface area contributed by atoms with Crippen LogP contribution in [0.15, 0.2) is 52.0 Å². The molecule has 9 heteroatoms. The second-order valence-corrected chi connectivity index (χ2v) is 5.54. The first kappa shape index (κ1) is 17.0. The molecule has 3 aromatic heterocycles. The SMILES string of the molecule is CCOc1ccc2c3conc3c(=O)n(-c3ccc(OC(F)F)cc3)c2n1. The van der Waals surface area contributed by atoms with Gasteiger partial charge in [-0.25, -0.2) is 0 Å². The molecular weight excluding hydrogens is 360 g/mol. The van der Waals surface area contributed by atoms with E-state index in [1.807, 2.05) is 6.92 Å². The van der Waals surface area contributed by atoms with Crippen molar-refractivity contribution in [3.63, 3.8) is 0 Å². The number of ether oxygens (including phenoxy) is 2. The van der Waals surface area contributed by atoms with Crippen LogP contribution in [0.1, 0.15) is 6.92 Å². The lowest BCUT2D eigenvalue weighted by Crippen LogP contribution is -2.20. The number of hydrogen-bond donors (Lipinski definition) is 0. The van der Waals surface area contributed by atoms with E-state index in [9.17, 15) is 13.6 Å². The molecule has 0 bridgehead atoms. The lowest BCUT2D eigenvalue weighted by Gasteiger charge is -2.12. The molecule has 0 radical (unpaired) electrons. The summed E-state index contributed by atoms with van der Waals surface area (Å²) in [6.07, 6.45) is 1.38. The Morgan fingerprint density at radius 1 is 1.15 bits per heavy atom. The van der Waals surface area contributed by atoms with Crippen LogP contribution >= 0.6 is 0 Å². The van der Waals surface area contributed by atoms with Gasteiger partial charge < -0.3 is 14.0 Å². The van der Waals surface area contributed by atoms with Gasteiger partial charge in [-0.15, -0.1) is 0 Å². The number of halogens is 2. The second-order valence-electron chi connectivity index (χ2n) is 5.54. The van der Waals surface area contributed by atoms with Gasteiger partial charge in [-0.2, -0.15) is 13.8 Å². The van der Waals surface area contributed by atoms with Crippen molar-refractivity contribution in [1.82, 2.24) is 14.7 Å². The number of hydrogen-bond acceptors (Lipinski definition) is 6. The fourth-order valence-corrected chi connectivity index (χ4v) is 2.84. The third-order valence-corrected chi connectivity index (χ3v) is 3.94. The summed E-state index contributed by atoms with van der Waals surface area (Å²) < 4.78 is 40.8. The lowest BCUT2D eigenvalue weighted by molar-refractivity contribution is -0.0498. The minimum absolute atomic E-state index is 0.0171. The summed E-state index contributed by atoms with van der Waals surface area (Å²) in [5.41, 5.74) is 0.443. The highest BCUT2D eigenvalue weighted by molar-refractivity contribution is 6.03. The summed E-state index contributed by atoms with van der Waals surface area (Å²) in [7, 11) is 0. The summed E-state index contributed by atoms with van der Waals surface area (Å²) in [6, 6.07) is 9.11. The number of aromatic nitrogens is 3. The average Bonchev–Trinajstić information content (AvgIpc) is 3.13. The minimum Gasteiger partial charge on any atom is -0.478 e. The van der Waals surface area contributed by atoms with Crippen molar-refractivity contribution in [3.05, 3.63) is 53.0 Å². The zero-order chi connectivity index (χ0) is 19.0.